The second-order valence-corrected chi connectivity index (χ2v) is 0.757. The van der Waals surface area contributed by atoms with Gasteiger partial charge < -0.3 is 10.8 Å². The Morgan fingerprint density at radius 3 is 1.80 bits per heavy atom. The summed E-state index contributed by atoms with van der Waals surface area (Å²) in [6.45, 7) is 0. The molecule has 2 radical (unpaired) electrons. The van der Waals surface area contributed by atoms with E-state index in [0.717, 1.165) is 0 Å². The summed E-state index contributed by atoms with van der Waals surface area (Å²) in [7, 11) is 0. The monoisotopic (exact) mass is 207 g/mol. The summed E-state index contributed by atoms with van der Waals surface area (Å²) in [6, 6.07) is 0. The van der Waals surface area contributed by atoms with Gasteiger partial charge in [0.1, 0.15) is 0 Å². The molecule has 5 heavy (non-hydrogen) atoms. The van der Waals surface area contributed by atoms with Crippen molar-refractivity contribution >= 4 is 41.1 Å². The predicted molar refractivity (Wildman–Crippen MR) is 25.2 cm³/mol. The first kappa shape index (κ1) is 9.08. The molecule has 3 N–H and O–H groups in total. The Hall–Kier alpha value is 0.480. The van der Waals surface area contributed by atoms with Gasteiger partial charge in [0, 0.05) is 23.7 Å². The van der Waals surface area contributed by atoms with Crippen LogP contribution >= 0.6 is 12.2 Å². The van der Waals surface area contributed by atoms with Crippen molar-refractivity contribution in [2.45, 2.75) is 0 Å². The van der Waals surface area contributed by atoms with E-state index in [9.17, 15) is 0 Å². The first-order valence-corrected chi connectivity index (χ1v) is 1.12. The first-order valence-electron chi connectivity index (χ1n) is 0.716. The summed E-state index contributed by atoms with van der Waals surface area (Å²) in [5.41, 5.74) is 4.40. The number of rotatable bonds is 0. The van der Waals surface area contributed by atoms with Crippen LogP contribution in [-0.4, -0.2) is 33.9 Å². The zero-order valence-electron chi connectivity index (χ0n) is 2.34. The van der Waals surface area contributed by atoms with Crippen molar-refractivity contribution in [1.82, 2.24) is 0 Å². The van der Waals surface area contributed by atoms with Gasteiger partial charge in [-0.3, -0.25) is 0 Å². The fourth-order valence-corrected chi connectivity index (χ4v) is 0. The molecule has 0 unspecified atom stereocenters. The molecule has 0 saturated carbocycles. The molecule has 0 atom stereocenters. The van der Waals surface area contributed by atoms with E-state index in [1.165, 1.54) is 0 Å². The van der Waals surface area contributed by atoms with Crippen LogP contribution in [0.15, 0.2) is 0 Å². The molecule has 0 heterocycles. The molecule has 30 valence electrons. The van der Waals surface area contributed by atoms with Crippen LogP contribution in [-0.2, 0) is 0 Å². The minimum atomic E-state index is -0.500. The maximum Gasteiger partial charge on any atom is 0.251 e. The fourth-order valence-electron chi connectivity index (χ4n) is 0. The van der Waals surface area contributed by atoms with Crippen LogP contribution in [0, 0.1) is 0 Å². The number of aliphatic hydroxyl groups excluding tert-OH is 1. The van der Waals surface area contributed by atoms with E-state index in [2.05, 4.69) is 18.0 Å². The predicted octanol–water partition coefficient (Wildman–Crippen LogP) is -0.593. The topological polar surface area (TPSA) is 46.2 Å². The Morgan fingerprint density at radius 1 is 1.80 bits per heavy atom. The van der Waals surface area contributed by atoms with Crippen molar-refractivity contribution in [3.05, 3.63) is 0 Å². The zero-order chi connectivity index (χ0) is 3.58. The van der Waals surface area contributed by atoms with Gasteiger partial charge in [0.15, 0.2) is 0 Å². The summed E-state index contributed by atoms with van der Waals surface area (Å²) in [5.74, 6) is 0. The number of hydrogen-bond acceptors (Lipinski definition) is 1. The van der Waals surface area contributed by atoms with E-state index in [0.29, 0.717) is 0 Å². The molecule has 0 fully saturated rings. The van der Waals surface area contributed by atoms with E-state index in [4.69, 9.17) is 5.11 Å². The third-order valence-corrected chi connectivity index (χ3v) is 0. The molecule has 0 saturated heterocycles. The molecule has 0 amide bonds. The van der Waals surface area contributed by atoms with Crippen molar-refractivity contribution < 1.29 is 5.11 Å². The molecule has 0 aliphatic rings. The van der Waals surface area contributed by atoms with Crippen LogP contribution in [0.5, 0.6) is 0 Å². The maximum atomic E-state index is 7.56. The Morgan fingerprint density at radius 2 is 1.80 bits per heavy atom. The van der Waals surface area contributed by atoms with E-state index in [1.54, 1.807) is 0 Å². The molecule has 0 aliphatic carbocycles. The number of hydrogen-bond donors (Lipinski definition) is 2. The van der Waals surface area contributed by atoms with Gasteiger partial charge in [0.25, 0.3) is 5.17 Å². The van der Waals surface area contributed by atoms with Gasteiger partial charge in [0.05, 0.1) is 0 Å². The number of nitrogens with two attached hydrogens (primary N) is 1. The van der Waals surface area contributed by atoms with Crippen LogP contribution in [0.4, 0.5) is 0 Å². The molecule has 0 bridgehead atoms. The Labute approximate surface area is 52.1 Å². The third-order valence-electron chi connectivity index (χ3n) is 0. The van der Waals surface area contributed by atoms with E-state index in [-0.39, 0.29) is 23.7 Å². The van der Waals surface area contributed by atoms with Crippen molar-refractivity contribution in [2.75, 3.05) is 0 Å². The van der Waals surface area contributed by atoms with Gasteiger partial charge >= 0.3 is 0 Å². The smallest absolute Gasteiger partial charge is 0.251 e. The first-order chi connectivity index (χ1) is 1.73. The SMILES string of the molecule is NC(O)=S.[Te]. The Balaban J connectivity index is 0. The normalized spacial score (nSPS) is 4.80. The van der Waals surface area contributed by atoms with Crippen molar-refractivity contribution in [1.29, 1.82) is 0 Å². The minimum Gasteiger partial charge on any atom is -0.487 e. The van der Waals surface area contributed by atoms with Crippen LogP contribution in [0.25, 0.3) is 0 Å². The van der Waals surface area contributed by atoms with Crippen LogP contribution in [0.2, 0.25) is 0 Å². The summed E-state index contributed by atoms with van der Waals surface area (Å²) in [6.07, 6.45) is 0. The molecule has 0 spiro atoms. The molecule has 0 aromatic heterocycles. The quantitative estimate of drug-likeness (QED) is 0.410. The van der Waals surface area contributed by atoms with Crippen LogP contribution in [0.1, 0.15) is 0 Å². The second-order valence-electron chi connectivity index (χ2n) is 0.338. The molecule has 0 rings (SSSR count). The standard InChI is InChI=1S/CH3NOS.Te/c2-1(3)4;/h(H3,2,3,4);. The largest absolute Gasteiger partial charge is 0.487 e. The van der Waals surface area contributed by atoms with Gasteiger partial charge in [-0.05, 0) is 12.2 Å². The average molecular weight is 205 g/mol. The summed E-state index contributed by atoms with van der Waals surface area (Å²) in [5, 5.41) is 7.06. The van der Waals surface area contributed by atoms with E-state index in [1.807, 2.05) is 0 Å². The molecule has 0 aliphatic heterocycles. The van der Waals surface area contributed by atoms with Gasteiger partial charge in [-0.15, -0.1) is 0 Å². The number of aliphatic hydroxyl groups is 1. The molecular weight excluding hydrogens is 202 g/mol. The van der Waals surface area contributed by atoms with Crippen molar-refractivity contribution in [3.63, 3.8) is 0 Å². The Bertz CT molecular complexity index is 34.6. The molecule has 4 heteroatoms. The summed E-state index contributed by atoms with van der Waals surface area (Å²) in [4.78, 5) is 0. The fraction of sp³-hybridized carbons (Fsp3) is 0. The summed E-state index contributed by atoms with van der Waals surface area (Å²) < 4.78 is 0. The minimum absolute atomic E-state index is 0. The van der Waals surface area contributed by atoms with E-state index < -0.39 is 5.17 Å². The molecule has 0 aromatic rings. The second kappa shape index (κ2) is 4.48. The zero-order valence-corrected chi connectivity index (χ0v) is 5.49. The maximum absolute atomic E-state index is 7.56. The number of thiocarbonyl (C=S) groups is 1. The van der Waals surface area contributed by atoms with Gasteiger partial charge in [-0.25, -0.2) is 0 Å². The van der Waals surface area contributed by atoms with Crippen molar-refractivity contribution in [2.24, 2.45) is 5.73 Å². The van der Waals surface area contributed by atoms with E-state index >= 15 is 0 Å². The van der Waals surface area contributed by atoms with Crippen LogP contribution in [0.3, 0.4) is 0 Å². The molecular formula is CH3NOSTe. The van der Waals surface area contributed by atoms with Gasteiger partial charge in [-0.1, -0.05) is 0 Å². The Kier molecular flexibility index (Phi) is 8.14. The van der Waals surface area contributed by atoms with Gasteiger partial charge in [-0.2, -0.15) is 0 Å². The molecule has 0 aromatic carbocycles. The molecule has 2 nitrogen and oxygen atoms in total. The van der Waals surface area contributed by atoms with Crippen LogP contribution < -0.4 is 5.73 Å². The summed E-state index contributed by atoms with van der Waals surface area (Å²) >= 11 is 3.87. The van der Waals surface area contributed by atoms with Gasteiger partial charge in [0.2, 0.25) is 0 Å². The third kappa shape index (κ3) is 120. The average Bonchev–Trinajstić information content (AvgIpc) is 0.811. The van der Waals surface area contributed by atoms with Crippen molar-refractivity contribution in [3.8, 4) is 0 Å².